The zero-order valence-electron chi connectivity index (χ0n) is 11.9. The molecule has 2 heterocycles. The highest BCUT2D eigenvalue weighted by Gasteiger charge is 2.14. The van der Waals surface area contributed by atoms with E-state index in [1.807, 2.05) is 65.4 Å². The molecule has 114 valence electrons. The SMILES string of the molecule is Cl.O=C(Cl)c1cn(-c2cc3ccccc3cn2)c2ccccc12. The number of nitrogens with zero attached hydrogens (tertiary/aromatic N) is 2. The molecule has 0 amide bonds. The van der Waals surface area contributed by atoms with Crippen LogP contribution in [0, 0.1) is 0 Å². The fourth-order valence-electron chi connectivity index (χ4n) is 2.73. The van der Waals surface area contributed by atoms with E-state index in [4.69, 9.17) is 11.6 Å². The summed E-state index contributed by atoms with van der Waals surface area (Å²) in [6.07, 6.45) is 3.58. The third-order valence-electron chi connectivity index (χ3n) is 3.79. The summed E-state index contributed by atoms with van der Waals surface area (Å²) in [5.74, 6) is 0.763. The number of rotatable bonds is 2. The lowest BCUT2D eigenvalue weighted by molar-refractivity contribution is 0.108. The average molecular weight is 343 g/mol. The van der Waals surface area contributed by atoms with Crippen LogP contribution in [0.25, 0.3) is 27.5 Å². The number of pyridine rings is 1. The van der Waals surface area contributed by atoms with E-state index in [2.05, 4.69) is 4.98 Å². The molecule has 0 aliphatic rings. The van der Waals surface area contributed by atoms with Crippen LogP contribution in [-0.2, 0) is 0 Å². The van der Waals surface area contributed by atoms with Crippen LogP contribution in [0.4, 0.5) is 0 Å². The van der Waals surface area contributed by atoms with Gasteiger partial charge in [0.1, 0.15) is 5.82 Å². The summed E-state index contributed by atoms with van der Waals surface area (Å²) in [5.41, 5.74) is 1.40. The number of carbonyl (C=O) groups is 1. The molecule has 3 nitrogen and oxygen atoms in total. The number of fused-ring (bicyclic) bond motifs is 2. The summed E-state index contributed by atoms with van der Waals surface area (Å²) in [5, 5.41) is 2.55. The van der Waals surface area contributed by atoms with Crippen molar-refractivity contribution in [1.82, 2.24) is 9.55 Å². The van der Waals surface area contributed by atoms with Gasteiger partial charge in [-0.05, 0) is 29.1 Å². The van der Waals surface area contributed by atoms with Gasteiger partial charge >= 0.3 is 0 Å². The van der Waals surface area contributed by atoms with Gasteiger partial charge in [-0.1, -0.05) is 42.5 Å². The molecule has 0 fully saturated rings. The number of carbonyl (C=O) groups excluding carboxylic acids is 1. The Labute approximate surface area is 143 Å². The van der Waals surface area contributed by atoms with Crippen LogP contribution < -0.4 is 0 Å². The highest BCUT2D eigenvalue weighted by Crippen LogP contribution is 2.26. The number of hydrogen-bond acceptors (Lipinski definition) is 2. The van der Waals surface area contributed by atoms with Crippen molar-refractivity contribution < 1.29 is 4.79 Å². The monoisotopic (exact) mass is 342 g/mol. The molecule has 5 heteroatoms. The van der Waals surface area contributed by atoms with Gasteiger partial charge in [-0.3, -0.25) is 4.79 Å². The highest BCUT2D eigenvalue weighted by molar-refractivity contribution is 6.68. The topological polar surface area (TPSA) is 34.9 Å². The van der Waals surface area contributed by atoms with Gasteiger partial charge in [0.25, 0.3) is 5.24 Å². The number of aromatic nitrogens is 2. The zero-order chi connectivity index (χ0) is 15.1. The van der Waals surface area contributed by atoms with Crippen molar-refractivity contribution >= 4 is 50.9 Å². The first-order chi connectivity index (χ1) is 10.7. The minimum atomic E-state index is -0.462. The number of hydrogen-bond donors (Lipinski definition) is 0. The van der Waals surface area contributed by atoms with Gasteiger partial charge in [-0.25, -0.2) is 4.98 Å². The molecule has 0 saturated carbocycles. The van der Waals surface area contributed by atoms with Crippen LogP contribution in [-0.4, -0.2) is 14.8 Å². The maximum Gasteiger partial charge on any atom is 0.254 e. The quantitative estimate of drug-likeness (QED) is 0.481. The van der Waals surface area contributed by atoms with Crippen LogP contribution in [0.3, 0.4) is 0 Å². The summed E-state index contributed by atoms with van der Waals surface area (Å²) in [4.78, 5) is 16.2. The Morgan fingerprint density at radius 2 is 1.70 bits per heavy atom. The van der Waals surface area contributed by atoms with Crippen molar-refractivity contribution in [2.45, 2.75) is 0 Å². The van der Waals surface area contributed by atoms with Crippen molar-refractivity contribution in [3.8, 4) is 5.82 Å². The van der Waals surface area contributed by atoms with E-state index in [0.717, 1.165) is 27.5 Å². The number of para-hydroxylation sites is 1. The van der Waals surface area contributed by atoms with Crippen LogP contribution in [0.5, 0.6) is 0 Å². The van der Waals surface area contributed by atoms with Crippen LogP contribution in [0.1, 0.15) is 10.4 Å². The minimum Gasteiger partial charge on any atom is -0.300 e. The van der Waals surface area contributed by atoms with Crippen molar-refractivity contribution in [2.24, 2.45) is 0 Å². The van der Waals surface area contributed by atoms with Gasteiger partial charge in [0.2, 0.25) is 0 Å². The number of benzene rings is 2. The molecule has 2 aromatic heterocycles. The lowest BCUT2D eigenvalue weighted by Crippen LogP contribution is -1.95. The van der Waals surface area contributed by atoms with E-state index in [9.17, 15) is 4.79 Å². The predicted octanol–water partition coefficient (Wildman–Crippen LogP) is 4.98. The van der Waals surface area contributed by atoms with E-state index >= 15 is 0 Å². The second-order valence-corrected chi connectivity index (χ2v) is 5.44. The summed E-state index contributed by atoms with van der Waals surface area (Å²) in [7, 11) is 0. The lowest BCUT2D eigenvalue weighted by atomic mass is 10.2. The first-order valence-electron chi connectivity index (χ1n) is 6.89. The average Bonchev–Trinajstić information content (AvgIpc) is 2.94. The van der Waals surface area contributed by atoms with Crippen molar-refractivity contribution in [3.63, 3.8) is 0 Å². The molecular weight excluding hydrogens is 331 g/mol. The molecular formula is C18H12Cl2N2O. The number of halogens is 2. The molecule has 0 spiro atoms. The Bertz CT molecular complexity index is 1020. The Hall–Kier alpha value is -2.36. The minimum absolute atomic E-state index is 0. The molecule has 23 heavy (non-hydrogen) atoms. The maximum atomic E-state index is 11.6. The predicted molar refractivity (Wildman–Crippen MR) is 96.0 cm³/mol. The summed E-state index contributed by atoms with van der Waals surface area (Å²) >= 11 is 5.71. The van der Waals surface area contributed by atoms with Crippen LogP contribution >= 0.6 is 24.0 Å². The standard InChI is InChI=1S/C18H11ClN2O.ClH/c19-18(22)15-11-21(16-8-4-3-7-14(15)16)17-9-12-5-1-2-6-13(12)10-20-17;/h1-11H;1H. The third-order valence-corrected chi connectivity index (χ3v) is 3.99. The Morgan fingerprint density at radius 1 is 1.00 bits per heavy atom. The zero-order valence-corrected chi connectivity index (χ0v) is 13.5. The maximum absolute atomic E-state index is 11.6. The van der Waals surface area contributed by atoms with E-state index in [-0.39, 0.29) is 12.4 Å². The molecule has 0 N–H and O–H groups in total. The smallest absolute Gasteiger partial charge is 0.254 e. The normalized spacial score (nSPS) is 10.7. The molecule has 0 radical (unpaired) electrons. The fourth-order valence-corrected chi connectivity index (χ4v) is 2.88. The van der Waals surface area contributed by atoms with E-state index in [0.29, 0.717) is 5.56 Å². The Kier molecular flexibility index (Phi) is 4.07. The van der Waals surface area contributed by atoms with E-state index in [1.54, 1.807) is 6.20 Å². The van der Waals surface area contributed by atoms with Crippen LogP contribution in [0.15, 0.2) is 67.0 Å². The largest absolute Gasteiger partial charge is 0.300 e. The molecule has 0 aliphatic carbocycles. The van der Waals surface area contributed by atoms with Gasteiger partial charge in [0.05, 0.1) is 11.1 Å². The fraction of sp³-hybridized carbons (Fsp3) is 0. The first-order valence-corrected chi connectivity index (χ1v) is 7.27. The van der Waals surface area contributed by atoms with Gasteiger partial charge in [0, 0.05) is 23.2 Å². The Balaban J connectivity index is 0.00000156. The van der Waals surface area contributed by atoms with Gasteiger partial charge in [-0.2, -0.15) is 0 Å². The third kappa shape index (κ3) is 2.58. The van der Waals surface area contributed by atoms with E-state index < -0.39 is 5.24 Å². The molecule has 0 atom stereocenters. The van der Waals surface area contributed by atoms with Gasteiger partial charge < -0.3 is 4.57 Å². The molecule has 0 unspecified atom stereocenters. The van der Waals surface area contributed by atoms with Crippen LogP contribution in [0.2, 0.25) is 0 Å². The molecule has 4 rings (SSSR count). The van der Waals surface area contributed by atoms with Crippen molar-refractivity contribution in [1.29, 1.82) is 0 Å². The van der Waals surface area contributed by atoms with Crippen molar-refractivity contribution in [2.75, 3.05) is 0 Å². The molecule has 4 aromatic rings. The van der Waals surface area contributed by atoms with Gasteiger partial charge in [0.15, 0.2) is 0 Å². The Morgan fingerprint density at radius 3 is 2.48 bits per heavy atom. The first kappa shape index (κ1) is 15.5. The van der Waals surface area contributed by atoms with E-state index in [1.165, 1.54) is 0 Å². The lowest BCUT2D eigenvalue weighted by Gasteiger charge is -2.05. The molecule has 0 bridgehead atoms. The molecule has 2 aromatic carbocycles. The highest BCUT2D eigenvalue weighted by atomic mass is 35.5. The van der Waals surface area contributed by atoms with Gasteiger partial charge in [-0.15, -0.1) is 12.4 Å². The summed E-state index contributed by atoms with van der Waals surface area (Å²) in [6, 6.07) is 17.7. The van der Waals surface area contributed by atoms with Crippen molar-refractivity contribution in [3.05, 3.63) is 72.6 Å². The molecule has 0 aliphatic heterocycles. The molecule has 0 saturated heterocycles. The summed E-state index contributed by atoms with van der Waals surface area (Å²) < 4.78 is 1.90. The second kappa shape index (κ2) is 6.03. The summed E-state index contributed by atoms with van der Waals surface area (Å²) in [6.45, 7) is 0. The second-order valence-electron chi connectivity index (χ2n) is 5.09.